The number of H-pyrrole nitrogens is 1. The Labute approximate surface area is 151 Å². The van der Waals surface area contributed by atoms with Crippen LogP contribution in [0.2, 0.25) is 0 Å². The number of aromatic nitrogens is 2. The minimum absolute atomic E-state index is 0.941. The highest BCUT2D eigenvalue weighted by molar-refractivity contribution is 5.54. The van der Waals surface area contributed by atoms with Crippen LogP contribution < -0.4 is 4.40 Å². The van der Waals surface area contributed by atoms with Gasteiger partial charge in [0.25, 0.3) is 5.82 Å². The number of imidazole rings is 1. The van der Waals surface area contributed by atoms with Crippen molar-refractivity contribution in [1.82, 2.24) is 4.98 Å². The zero-order chi connectivity index (χ0) is 18.6. The molecule has 0 saturated heterocycles. The summed E-state index contributed by atoms with van der Waals surface area (Å²) in [5.41, 5.74) is 15.4. The van der Waals surface area contributed by atoms with Gasteiger partial charge in [0, 0.05) is 5.56 Å². The molecule has 0 aliphatic rings. The van der Waals surface area contributed by atoms with Gasteiger partial charge in [-0.3, -0.25) is 0 Å². The Morgan fingerprint density at radius 1 is 0.640 bits per heavy atom. The van der Waals surface area contributed by atoms with Gasteiger partial charge in [-0.25, -0.2) is 4.98 Å². The van der Waals surface area contributed by atoms with Gasteiger partial charge in [-0.15, -0.1) is 0 Å². The van der Waals surface area contributed by atoms with Gasteiger partial charge in [-0.1, -0.05) is 0 Å². The van der Waals surface area contributed by atoms with E-state index in [2.05, 4.69) is 77.9 Å². The van der Waals surface area contributed by atoms with E-state index in [4.69, 9.17) is 0 Å². The van der Waals surface area contributed by atoms with Crippen LogP contribution in [0.15, 0.2) is 6.20 Å². The smallest absolute Gasteiger partial charge is 0.246 e. The average molecular weight is 336 g/mol. The molecule has 1 N–H and O–H groups in total. The Morgan fingerprint density at radius 2 is 1.12 bits per heavy atom. The van der Waals surface area contributed by atoms with Crippen molar-refractivity contribution >= 4 is 5.52 Å². The molecule has 0 fully saturated rings. The average Bonchev–Trinajstić information content (AvgIpc) is 3.02. The predicted octanol–water partition coefficient (Wildman–Crippen LogP) is 5.12. The zero-order valence-electron chi connectivity index (χ0n) is 17.2. The van der Waals surface area contributed by atoms with Crippen LogP contribution in [0.3, 0.4) is 0 Å². The van der Waals surface area contributed by atoms with Crippen molar-refractivity contribution in [3.63, 3.8) is 0 Å². The maximum absolute atomic E-state index is 3.57. The minimum atomic E-state index is 0.941. The third kappa shape index (κ3) is 2.50. The molecule has 2 heteroatoms. The number of fused-ring (bicyclic) bond motifs is 1. The highest BCUT2D eigenvalue weighted by atomic mass is 15.0. The van der Waals surface area contributed by atoms with Gasteiger partial charge in [0.2, 0.25) is 0 Å². The van der Waals surface area contributed by atoms with Crippen LogP contribution >= 0.6 is 0 Å². The molecule has 2 aromatic heterocycles. The number of hydrogen-bond acceptors (Lipinski definition) is 0. The van der Waals surface area contributed by atoms with E-state index in [1.54, 1.807) is 0 Å². The lowest BCUT2D eigenvalue weighted by molar-refractivity contribution is -0.529. The molecule has 3 rings (SSSR count). The quantitative estimate of drug-likeness (QED) is 0.627. The Morgan fingerprint density at radius 3 is 1.68 bits per heavy atom. The summed E-state index contributed by atoms with van der Waals surface area (Å²) in [6.45, 7) is 20.2. The van der Waals surface area contributed by atoms with Crippen LogP contribution in [0.25, 0.3) is 5.52 Å². The first-order valence-electron chi connectivity index (χ1n) is 9.21. The van der Waals surface area contributed by atoms with Gasteiger partial charge < -0.3 is 0 Å². The van der Waals surface area contributed by atoms with Gasteiger partial charge in [0.15, 0.2) is 5.52 Å². The van der Waals surface area contributed by atoms with Crippen molar-refractivity contribution in [3.05, 3.63) is 67.8 Å². The van der Waals surface area contributed by atoms with Crippen LogP contribution in [0.5, 0.6) is 0 Å². The number of nitrogens with zero attached hydrogens (tertiary/aromatic N) is 1. The van der Waals surface area contributed by atoms with Crippen molar-refractivity contribution in [1.29, 1.82) is 0 Å². The first kappa shape index (κ1) is 17.7. The highest BCUT2D eigenvalue weighted by Crippen LogP contribution is 2.28. The van der Waals surface area contributed by atoms with Crippen molar-refractivity contribution in [2.24, 2.45) is 0 Å². The zero-order valence-corrected chi connectivity index (χ0v) is 17.2. The number of aryl methyl sites for hydroxylation is 2. The fourth-order valence-corrected chi connectivity index (χ4v) is 4.14. The Kier molecular flexibility index (Phi) is 4.26. The number of rotatable bonds is 2. The normalized spacial score (nSPS) is 11.6. The third-order valence-corrected chi connectivity index (χ3v) is 6.77. The summed E-state index contributed by atoms with van der Waals surface area (Å²) in [5.74, 6) is 1.27. The van der Waals surface area contributed by atoms with E-state index in [0.717, 1.165) is 6.42 Å². The summed E-state index contributed by atoms with van der Waals surface area (Å²) in [6.07, 6.45) is 3.11. The lowest BCUT2D eigenvalue weighted by Gasteiger charge is -2.17. The molecule has 1 aromatic carbocycles. The Hall–Kier alpha value is -2.09. The first-order chi connectivity index (χ1) is 11.7. The second-order valence-corrected chi connectivity index (χ2v) is 7.70. The van der Waals surface area contributed by atoms with E-state index in [-0.39, 0.29) is 0 Å². The number of aromatic amines is 1. The first-order valence-corrected chi connectivity index (χ1v) is 9.21. The van der Waals surface area contributed by atoms with Crippen molar-refractivity contribution in [2.45, 2.75) is 68.7 Å². The van der Waals surface area contributed by atoms with E-state index in [0.29, 0.717) is 0 Å². The number of benzene rings is 1. The lowest BCUT2D eigenvalue weighted by Crippen LogP contribution is -2.31. The van der Waals surface area contributed by atoms with Crippen molar-refractivity contribution in [2.75, 3.05) is 0 Å². The lowest BCUT2D eigenvalue weighted by atomic mass is 9.88. The van der Waals surface area contributed by atoms with E-state index in [1.165, 1.54) is 67.1 Å². The second kappa shape index (κ2) is 6.01. The molecule has 0 aliphatic heterocycles. The highest BCUT2D eigenvalue weighted by Gasteiger charge is 2.22. The van der Waals surface area contributed by atoms with Crippen molar-refractivity contribution in [3.8, 4) is 0 Å². The summed E-state index contributed by atoms with van der Waals surface area (Å²) in [4.78, 5) is 3.57. The molecule has 0 aliphatic carbocycles. The van der Waals surface area contributed by atoms with Crippen LogP contribution in [-0.4, -0.2) is 4.98 Å². The molecule has 3 aromatic rings. The van der Waals surface area contributed by atoms with Crippen LogP contribution in [0.4, 0.5) is 0 Å². The maximum atomic E-state index is 3.57. The fraction of sp³-hybridized carbons (Fsp3) is 0.435. The summed E-state index contributed by atoms with van der Waals surface area (Å²) in [7, 11) is 0. The number of hydrogen-bond donors (Lipinski definition) is 1. The molecule has 0 unspecified atom stereocenters. The Bertz CT molecular complexity index is 974. The molecule has 0 atom stereocenters. The Balaban J connectivity index is 2.25. The number of nitrogens with one attached hydrogen (secondary N) is 1. The largest absolute Gasteiger partial charge is 0.264 e. The van der Waals surface area contributed by atoms with Gasteiger partial charge in [0.1, 0.15) is 11.9 Å². The topological polar surface area (TPSA) is 19.9 Å². The molecule has 0 amide bonds. The monoisotopic (exact) mass is 335 g/mol. The molecular weight excluding hydrogens is 304 g/mol. The SMILES string of the molecule is Cc1c(C)c(C)c(Cc2[nH]cc3c(C)c(C)c(C)c(C)[n+]23)c(C)c1C. The maximum Gasteiger partial charge on any atom is 0.264 e. The van der Waals surface area contributed by atoms with Crippen LogP contribution in [-0.2, 0) is 6.42 Å². The molecule has 132 valence electrons. The molecule has 2 heterocycles. The number of pyridine rings is 1. The molecule has 2 nitrogen and oxygen atoms in total. The summed E-state index contributed by atoms with van der Waals surface area (Å²) in [6, 6.07) is 0. The summed E-state index contributed by atoms with van der Waals surface area (Å²) >= 11 is 0. The molecule has 0 radical (unpaired) electrons. The van der Waals surface area contributed by atoms with E-state index < -0.39 is 0 Å². The van der Waals surface area contributed by atoms with Gasteiger partial charge >= 0.3 is 0 Å². The standard InChI is InChI=1S/C23H30N2/c1-12-13(2)17(6)21(18(7)14(12)3)10-23-24-11-22-19(8)15(4)16(5)20(9)25(22)23/h11H,10H2,1-9H3/p+1. The molecule has 0 spiro atoms. The van der Waals surface area contributed by atoms with E-state index in [1.807, 2.05) is 0 Å². The van der Waals surface area contributed by atoms with E-state index >= 15 is 0 Å². The minimum Gasteiger partial charge on any atom is -0.246 e. The van der Waals surface area contributed by atoms with Crippen LogP contribution in [0, 0.1) is 62.3 Å². The molecular formula is C23H31N2+. The van der Waals surface area contributed by atoms with Gasteiger partial charge in [-0.2, -0.15) is 4.40 Å². The van der Waals surface area contributed by atoms with Gasteiger partial charge in [-0.05, 0) is 107 Å². The molecule has 25 heavy (non-hydrogen) atoms. The predicted molar refractivity (Wildman–Crippen MR) is 106 cm³/mol. The van der Waals surface area contributed by atoms with Crippen LogP contribution in [0.1, 0.15) is 61.6 Å². The van der Waals surface area contributed by atoms with Crippen molar-refractivity contribution < 1.29 is 4.40 Å². The molecule has 0 bridgehead atoms. The second-order valence-electron chi connectivity index (χ2n) is 7.70. The van der Waals surface area contributed by atoms with Gasteiger partial charge in [0.05, 0.1) is 6.42 Å². The fourth-order valence-electron chi connectivity index (χ4n) is 4.14. The third-order valence-electron chi connectivity index (χ3n) is 6.77. The summed E-state index contributed by atoms with van der Waals surface area (Å²) in [5, 5.41) is 0. The summed E-state index contributed by atoms with van der Waals surface area (Å²) < 4.78 is 2.42. The van der Waals surface area contributed by atoms with E-state index in [9.17, 15) is 0 Å². The molecule has 0 saturated carbocycles.